The van der Waals surface area contributed by atoms with Gasteiger partial charge >= 0.3 is 5.97 Å². The normalized spacial score (nSPS) is 19.0. The zero-order valence-electron chi connectivity index (χ0n) is 13.0. The van der Waals surface area contributed by atoms with Crippen LogP contribution >= 0.6 is 0 Å². The minimum atomic E-state index is -1.12. The molecular formula is C16H19FN2O4. The average molecular weight is 322 g/mol. The Balaban J connectivity index is 2.09. The molecule has 1 fully saturated rings. The van der Waals surface area contributed by atoms with E-state index in [1.165, 1.54) is 23.1 Å². The van der Waals surface area contributed by atoms with Gasteiger partial charge in [0.1, 0.15) is 11.9 Å². The maximum Gasteiger partial charge on any atom is 0.326 e. The molecule has 7 heteroatoms. The summed E-state index contributed by atoms with van der Waals surface area (Å²) in [6.07, 6.45) is -0.0649. The van der Waals surface area contributed by atoms with Gasteiger partial charge in [0.2, 0.25) is 11.8 Å². The highest BCUT2D eigenvalue weighted by atomic mass is 19.1. The molecule has 23 heavy (non-hydrogen) atoms. The van der Waals surface area contributed by atoms with Gasteiger partial charge in [-0.2, -0.15) is 0 Å². The highest BCUT2D eigenvalue weighted by molar-refractivity contribution is 6.00. The van der Waals surface area contributed by atoms with Crippen LogP contribution in [0.3, 0.4) is 0 Å². The number of anilines is 1. The number of amides is 2. The van der Waals surface area contributed by atoms with Gasteiger partial charge in [-0.05, 0) is 18.1 Å². The first-order chi connectivity index (χ1) is 10.8. The second-order valence-electron chi connectivity index (χ2n) is 5.93. The number of aliphatic carboxylic acids is 1. The number of hydrogen-bond acceptors (Lipinski definition) is 3. The maximum absolute atomic E-state index is 13.8. The van der Waals surface area contributed by atoms with Crippen molar-refractivity contribution in [2.24, 2.45) is 11.8 Å². The first-order valence-corrected chi connectivity index (χ1v) is 7.39. The van der Waals surface area contributed by atoms with Gasteiger partial charge in [0.15, 0.2) is 0 Å². The third-order valence-corrected chi connectivity index (χ3v) is 3.87. The van der Waals surface area contributed by atoms with E-state index in [2.05, 4.69) is 5.32 Å². The van der Waals surface area contributed by atoms with Crippen molar-refractivity contribution in [3.8, 4) is 0 Å². The van der Waals surface area contributed by atoms with E-state index in [1.807, 2.05) is 0 Å². The number of para-hydroxylation sites is 1. The third-order valence-electron chi connectivity index (χ3n) is 3.87. The van der Waals surface area contributed by atoms with Crippen molar-refractivity contribution < 1.29 is 23.9 Å². The highest BCUT2D eigenvalue weighted by Gasteiger charge is 2.37. The van der Waals surface area contributed by atoms with Gasteiger partial charge in [-0.15, -0.1) is 0 Å². The summed E-state index contributed by atoms with van der Waals surface area (Å²) >= 11 is 0. The summed E-state index contributed by atoms with van der Waals surface area (Å²) in [5, 5.41) is 11.6. The Bertz CT molecular complexity index is 632. The Morgan fingerprint density at radius 3 is 2.57 bits per heavy atom. The zero-order valence-corrected chi connectivity index (χ0v) is 13.0. The van der Waals surface area contributed by atoms with Gasteiger partial charge in [-0.25, -0.2) is 9.18 Å². The second kappa shape index (κ2) is 6.76. The molecular weight excluding hydrogens is 303 g/mol. The molecule has 0 bridgehead atoms. The first-order valence-electron chi connectivity index (χ1n) is 7.39. The molecule has 1 aliphatic rings. The van der Waals surface area contributed by atoms with Crippen LogP contribution in [0.1, 0.15) is 20.3 Å². The van der Waals surface area contributed by atoms with Crippen molar-refractivity contribution in [3.63, 3.8) is 0 Å². The summed E-state index contributed by atoms with van der Waals surface area (Å²) in [5.74, 6) is -3.49. The number of carbonyl (C=O) groups excluding carboxylic acids is 2. The van der Waals surface area contributed by atoms with Crippen LogP contribution in [0.5, 0.6) is 0 Å². The minimum Gasteiger partial charge on any atom is -0.480 e. The minimum absolute atomic E-state index is 0.0377. The lowest BCUT2D eigenvalue weighted by Crippen LogP contribution is -2.47. The lowest BCUT2D eigenvalue weighted by Gasteiger charge is -2.20. The largest absolute Gasteiger partial charge is 0.480 e. The topological polar surface area (TPSA) is 86.7 Å². The molecule has 0 aliphatic carbocycles. The van der Waals surface area contributed by atoms with Crippen molar-refractivity contribution >= 4 is 23.5 Å². The van der Waals surface area contributed by atoms with E-state index in [4.69, 9.17) is 5.11 Å². The Morgan fingerprint density at radius 1 is 1.35 bits per heavy atom. The van der Waals surface area contributed by atoms with E-state index in [9.17, 15) is 18.8 Å². The van der Waals surface area contributed by atoms with Gasteiger partial charge in [0.25, 0.3) is 0 Å². The SMILES string of the molecule is CC(C)C(NC(=O)C1CC(=O)N(c2ccccc2F)C1)C(=O)O. The predicted molar refractivity (Wildman–Crippen MR) is 81.3 cm³/mol. The van der Waals surface area contributed by atoms with Crippen LogP contribution in [-0.4, -0.2) is 35.5 Å². The Labute approximate surface area is 133 Å². The molecule has 1 saturated heterocycles. The predicted octanol–water partition coefficient (Wildman–Crippen LogP) is 1.40. The van der Waals surface area contributed by atoms with Crippen LogP contribution in [0, 0.1) is 17.7 Å². The maximum atomic E-state index is 13.8. The Hall–Kier alpha value is -2.44. The molecule has 2 amide bonds. The van der Waals surface area contributed by atoms with E-state index in [0.717, 1.165) is 0 Å². The van der Waals surface area contributed by atoms with Gasteiger partial charge in [-0.3, -0.25) is 9.59 Å². The molecule has 2 N–H and O–H groups in total. The Kier molecular flexibility index (Phi) is 4.98. The van der Waals surface area contributed by atoms with Gasteiger partial charge in [-0.1, -0.05) is 26.0 Å². The van der Waals surface area contributed by atoms with Crippen molar-refractivity contribution in [1.82, 2.24) is 5.32 Å². The van der Waals surface area contributed by atoms with Crippen LogP contribution in [0.25, 0.3) is 0 Å². The third kappa shape index (κ3) is 3.67. The van der Waals surface area contributed by atoms with Crippen LogP contribution in [0.2, 0.25) is 0 Å². The molecule has 124 valence electrons. The molecule has 2 rings (SSSR count). The number of hydrogen-bond donors (Lipinski definition) is 2. The van der Waals surface area contributed by atoms with Crippen molar-refractivity contribution in [2.45, 2.75) is 26.3 Å². The number of nitrogens with one attached hydrogen (secondary N) is 1. The van der Waals surface area contributed by atoms with Crippen molar-refractivity contribution in [1.29, 1.82) is 0 Å². The van der Waals surface area contributed by atoms with E-state index < -0.39 is 29.7 Å². The van der Waals surface area contributed by atoms with Crippen LogP contribution < -0.4 is 10.2 Å². The second-order valence-corrected chi connectivity index (χ2v) is 5.93. The molecule has 0 radical (unpaired) electrons. The summed E-state index contributed by atoms with van der Waals surface area (Å²) in [5.41, 5.74) is 0.131. The molecule has 1 aromatic carbocycles. The van der Waals surface area contributed by atoms with Gasteiger partial charge in [0, 0.05) is 13.0 Å². The van der Waals surface area contributed by atoms with E-state index in [0.29, 0.717) is 0 Å². The zero-order chi connectivity index (χ0) is 17.1. The fraction of sp³-hybridized carbons (Fsp3) is 0.438. The molecule has 1 heterocycles. The van der Waals surface area contributed by atoms with E-state index in [-0.39, 0.29) is 30.5 Å². The van der Waals surface area contributed by atoms with Crippen molar-refractivity contribution in [3.05, 3.63) is 30.1 Å². The number of nitrogens with zero attached hydrogens (tertiary/aromatic N) is 1. The van der Waals surface area contributed by atoms with E-state index in [1.54, 1.807) is 19.9 Å². The smallest absolute Gasteiger partial charge is 0.326 e. The summed E-state index contributed by atoms with van der Waals surface area (Å²) in [4.78, 5) is 36.7. The molecule has 1 aromatic rings. The summed E-state index contributed by atoms with van der Waals surface area (Å²) in [6, 6.07) is 4.83. The summed E-state index contributed by atoms with van der Waals surface area (Å²) in [7, 11) is 0. The molecule has 0 aromatic heterocycles. The van der Waals surface area contributed by atoms with Crippen LogP contribution in [-0.2, 0) is 14.4 Å². The molecule has 2 unspecified atom stereocenters. The number of carboxylic acids is 1. The van der Waals surface area contributed by atoms with Crippen molar-refractivity contribution in [2.75, 3.05) is 11.4 Å². The quantitative estimate of drug-likeness (QED) is 0.858. The number of benzene rings is 1. The monoisotopic (exact) mass is 322 g/mol. The van der Waals surface area contributed by atoms with Gasteiger partial charge in [0.05, 0.1) is 11.6 Å². The Morgan fingerprint density at radius 2 is 2.00 bits per heavy atom. The lowest BCUT2D eigenvalue weighted by molar-refractivity contribution is -0.143. The number of halogens is 1. The van der Waals surface area contributed by atoms with Gasteiger partial charge < -0.3 is 15.3 Å². The summed E-state index contributed by atoms with van der Waals surface area (Å²) in [6.45, 7) is 3.41. The average Bonchev–Trinajstić information content (AvgIpc) is 2.86. The first kappa shape index (κ1) is 16.9. The lowest BCUT2D eigenvalue weighted by atomic mass is 10.0. The molecule has 6 nitrogen and oxygen atoms in total. The fourth-order valence-corrected chi connectivity index (χ4v) is 2.57. The molecule has 1 aliphatic heterocycles. The molecule has 0 spiro atoms. The summed E-state index contributed by atoms with van der Waals surface area (Å²) < 4.78 is 13.8. The van der Waals surface area contributed by atoms with Crippen LogP contribution in [0.4, 0.5) is 10.1 Å². The number of carboxylic acid groups (broad SMARTS) is 1. The number of rotatable bonds is 5. The number of carbonyl (C=O) groups is 3. The standard InChI is InChI=1S/C16H19FN2O4/c1-9(2)14(16(22)23)18-15(21)10-7-13(20)19(8-10)12-6-4-3-5-11(12)17/h3-6,9-10,14H,7-8H2,1-2H3,(H,18,21)(H,22,23). The van der Waals surface area contributed by atoms with Crippen LogP contribution in [0.15, 0.2) is 24.3 Å². The molecule has 0 saturated carbocycles. The highest BCUT2D eigenvalue weighted by Crippen LogP contribution is 2.27. The van der Waals surface area contributed by atoms with E-state index >= 15 is 0 Å². The molecule has 2 atom stereocenters. The fourth-order valence-electron chi connectivity index (χ4n) is 2.57.